The average molecular weight is 245 g/mol. The Morgan fingerprint density at radius 1 is 1.18 bits per heavy atom. The minimum absolute atomic E-state index is 0.289. The highest BCUT2D eigenvalue weighted by atomic mass is 16.7. The number of carbonyl (C=O) groups is 1. The van der Waals surface area contributed by atoms with Gasteiger partial charge in [-0.25, -0.2) is 0 Å². The maximum absolute atomic E-state index is 11.7. The lowest BCUT2D eigenvalue weighted by Gasteiger charge is -2.20. The van der Waals surface area contributed by atoms with E-state index in [1.54, 1.807) is 20.2 Å². The molecule has 0 aromatic heterocycles. The Morgan fingerprint density at radius 2 is 1.76 bits per heavy atom. The predicted octanol–water partition coefficient (Wildman–Crippen LogP) is 1.66. The van der Waals surface area contributed by atoms with E-state index in [0.29, 0.717) is 26.2 Å². The second-order valence-corrected chi connectivity index (χ2v) is 3.34. The summed E-state index contributed by atoms with van der Waals surface area (Å²) in [5.74, 6) is -0.703. The Kier molecular flexibility index (Phi) is 9.66. The van der Waals surface area contributed by atoms with Crippen molar-refractivity contribution >= 4 is 12.2 Å². The summed E-state index contributed by atoms with van der Waals surface area (Å²) in [4.78, 5) is 15.5. The van der Waals surface area contributed by atoms with Gasteiger partial charge in [-0.3, -0.25) is 9.79 Å². The van der Waals surface area contributed by atoms with Crippen molar-refractivity contribution in [2.45, 2.75) is 33.5 Å². The van der Waals surface area contributed by atoms with E-state index in [1.165, 1.54) is 0 Å². The number of esters is 1. The summed E-state index contributed by atoms with van der Waals surface area (Å²) in [5, 5.41) is 0. The molecule has 0 aromatic rings. The molecule has 0 aliphatic rings. The molecule has 0 saturated heterocycles. The lowest BCUT2D eigenvalue weighted by atomic mass is 10.1. The van der Waals surface area contributed by atoms with E-state index in [-0.39, 0.29) is 5.97 Å². The van der Waals surface area contributed by atoms with E-state index >= 15 is 0 Å². The first kappa shape index (κ1) is 16.1. The molecule has 0 amide bonds. The van der Waals surface area contributed by atoms with Gasteiger partial charge in [0.25, 0.3) is 0 Å². The SMILES string of the molecule is CCOC(=O)C(C=NC)CC(OCC)OCC. The highest BCUT2D eigenvalue weighted by Gasteiger charge is 2.23. The predicted molar refractivity (Wildman–Crippen MR) is 66.2 cm³/mol. The molecule has 0 spiro atoms. The van der Waals surface area contributed by atoms with Crippen LogP contribution in [0.4, 0.5) is 0 Å². The molecule has 0 radical (unpaired) electrons. The fraction of sp³-hybridized carbons (Fsp3) is 0.833. The minimum atomic E-state index is -0.414. The van der Waals surface area contributed by atoms with Crippen LogP contribution in [0.5, 0.6) is 0 Å². The van der Waals surface area contributed by atoms with E-state index in [0.717, 1.165) is 0 Å². The standard InChI is InChI=1S/C12H23NO4/c1-5-15-11(16-6-2)8-10(9-13-4)12(14)17-7-3/h9-11H,5-8H2,1-4H3. The zero-order valence-electron chi connectivity index (χ0n) is 11.1. The lowest BCUT2D eigenvalue weighted by Crippen LogP contribution is -2.28. The maximum Gasteiger partial charge on any atom is 0.314 e. The fourth-order valence-corrected chi connectivity index (χ4v) is 1.41. The van der Waals surface area contributed by atoms with Crippen molar-refractivity contribution in [2.75, 3.05) is 26.9 Å². The quantitative estimate of drug-likeness (QED) is 0.352. The largest absolute Gasteiger partial charge is 0.465 e. The van der Waals surface area contributed by atoms with Gasteiger partial charge in [-0.2, -0.15) is 0 Å². The Morgan fingerprint density at radius 3 is 2.18 bits per heavy atom. The van der Waals surface area contributed by atoms with Crippen LogP contribution in [0.1, 0.15) is 27.2 Å². The molecule has 0 rings (SSSR count). The third kappa shape index (κ3) is 7.07. The number of carbonyl (C=O) groups excluding carboxylic acids is 1. The van der Waals surface area contributed by atoms with Crippen molar-refractivity contribution < 1.29 is 19.0 Å². The van der Waals surface area contributed by atoms with Gasteiger partial charge in [-0.1, -0.05) is 0 Å². The van der Waals surface area contributed by atoms with Gasteiger partial charge in [0, 0.05) is 32.9 Å². The van der Waals surface area contributed by atoms with Gasteiger partial charge in [-0.15, -0.1) is 0 Å². The van der Waals surface area contributed by atoms with Crippen LogP contribution in [0.15, 0.2) is 4.99 Å². The molecule has 0 heterocycles. The maximum atomic E-state index is 11.7. The molecule has 0 aliphatic carbocycles. The summed E-state index contributed by atoms with van der Waals surface area (Å²) >= 11 is 0. The Labute approximate surface area is 103 Å². The molecule has 1 unspecified atom stereocenters. The zero-order valence-corrected chi connectivity index (χ0v) is 11.1. The van der Waals surface area contributed by atoms with Gasteiger partial charge in [0.2, 0.25) is 0 Å². The third-order valence-electron chi connectivity index (χ3n) is 2.07. The monoisotopic (exact) mass is 245 g/mol. The number of rotatable bonds is 9. The van der Waals surface area contributed by atoms with Crippen molar-refractivity contribution in [3.8, 4) is 0 Å². The summed E-state index contributed by atoms with van der Waals surface area (Å²) < 4.78 is 15.8. The first-order valence-electron chi connectivity index (χ1n) is 6.01. The van der Waals surface area contributed by atoms with Crippen molar-refractivity contribution in [3.63, 3.8) is 0 Å². The van der Waals surface area contributed by atoms with Crippen molar-refractivity contribution in [1.82, 2.24) is 0 Å². The highest BCUT2D eigenvalue weighted by molar-refractivity contribution is 5.89. The molecule has 0 saturated carbocycles. The summed E-state index contributed by atoms with van der Waals surface area (Å²) in [5.41, 5.74) is 0. The average Bonchev–Trinajstić information content (AvgIpc) is 2.29. The van der Waals surface area contributed by atoms with E-state index < -0.39 is 12.2 Å². The van der Waals surface area contributed by atoms with Gasteiger partial charge in [0.1, 0.15) is 0 Å². The molecule has 1 atom stereocenters. The molecule has 0 N–H and O–H groups in total. The summed E-state index contributed by atoms with van der Waals surface area (Å²) in [6, 6.07) is 0. The van der Waals surface area contributed by atoms with Gasteiger partial charge < -0.3 is 14.2 Å². The van der Waals surface area contributed by atoms with Crippen LogP contribution in [0.3, 0.4) is 0 Å². The number of nitrogens with zero attached hydrogens (tertiary/aromatic N) is 1. The minimum Gasteiger partial charge on any atom is -0.465 e. The van der Waals surface area contributed by atoms with Crippen LogP contribution in [0.2, 0.25) is 0 Å². The van der Waals surface area contributed by atoms with Gasteiger partial charge in [-0.05, 0) is 20.8 Å². The van der Waals surface area contributed by atoms with Crippen LogP contribution in [0.25, 0.3) is 0 Å². The molecule has 5 nitrogen and oxygen atoms in total. The summed E-state index contributed by atoms with van der Waals surface area (Å²) in [6.07, 6.45) is 1.61. The van der Waals surface area contributed by atoms with Gasteiger partial charge in [0.05, 0.1) is 12.5 Å². The smallest absolute Gasteiger partial charge is 0.314 e. The molecule has 17 heavy (non-hydrogen) atoms. The number of aliphatic imine (C=N–C) groups is 1. The molecule has 0 bridgehead atoms. The van der Waals surface area contributed by atoms with Gasteiger partial charge in [0.15, 0.2) is 6.29 Å². The van der Waals surface area contributed by atoms with E-state index in [9.17, 15) is 4.79 Å². The number of hydrogen-bond acceptors (Lipinski definition) is 5. The number of hydrogen-bond donors (Lipinski definition) is 0. The first-order valence-corrected chi connectivity index (χ1v) is 6.01. The van der Waals surface area contributed by atoms with Crippen molar-refractivity contribution in [2.24, 2.45) is 10.9 Å². The zero-order chi connectivity index (χ0) is 13.1. The summed E-state index contributed by atoms with van der Waals surface area (Å²) in [6.45, 7) is 7.01. The van der Waals surface area contributed by atoms with Crippen LogP contribution < -0.4 is 0 Å². The van der Waals surface area contributed by atoms with E-state index in [4.69, 9.17) is 14.2 Å². The normalized spacial score (nSPS) is 13.2. The molecule has 0 fully saturated rings. The molecular weight excluding hydrogens is 222 g/mol. The Hall–Kier alpha value is -0.940. The number of ether oxygens (including phenoxy) is 3. The van der Waals surface area contributed by atoms with Crippen molar-refractivity contribution in [3.05, 3.63) is 0 Å². The molecule has 0 aromatic carbocycles. The fourth-order valence-electron chi connectivity index (χ4n) is 1.41. The van der Waals surface area contributed by atoms with Crippen LogP contribution >= 0.6 is 0 Å². The highest BCUT2D eigenvalue weighted by Crippen LogP contribution is 2.11. The summed E-state index contributed by atoms with van der Waals surface area (Å²) in [7, 11) is 1.63. The molecule has 5 heteroatoms. The second kappa shape index (κ2) is 10.2. The molecule has 100 valence electrons. The van der Waals surface area contributed by atoms with Crippen LogP contribution in [-0.4, -0.2) is 45.3 Å². The molecular formula is C12H23NO4. The topological polar surface area (TPSA) is 57.1 Å². The Bertz CT molecular complexity index is 225. The van der Waals surface area contributed by atoms with E-state index in [2.05, 4.69) is 4.99 Å². The second-order valence-electron chi connectivity index (χ2n) is 3.34. The Balaban J connectivity index is 4.42. The van der Waals surface area contributed by atoms with Crippen LogP contribution in [-0.2, 0) is 19.0 Å². The van der Waals surface area contributed by atoms with Crippen LogP contribution in [0, 0.1) is 5.92 Å². The van der Waals surface area contributed by atoms with E-state index in [1.807, 2.05) is 13.8 Å². The third-order valence-corrected chi connectivity index (χ3v) is 2.07. The lowest BCUT2D eigenvalue weighted by molar-refractivity contribution is -0.160. The van der Waals surface area contributed by atoms with Crippen molar-refractivity contribution in [1.29, 1.82) is 0 Å². The molecule has 0 aliphatic heterocycles. The van der Waals surface area contributed by atoms with Gasteiger partial charge >= 0.3 is 5.97 Å². The first-order chi connectivity index (χ1) is 8.19.